The second-order valence-corrected chi connectivity index (χ2v) is 6.28. The van der Waals surface area contributed by atoms with Gasteiger partial charge in [-0.3, -0.25) is 0 Å². The van der Waals surface area contributed by atoms with Crippen LogP contribution in [0.2, 0.25) is 0 Å². The molecule has 0 aromatic heterocycles. The van der Waals surface area contributed by atoms with Crippen molar-refractivity contribution in [3.63, 3.8) is 0 Å². The zero-order chi connectivity index (χ0) is 15.2. The van der Waals surface area contributed by atoms with Crippen LogP contribution >= 0.6 is 0 Å². The van der Waals surface area contributed by atoms with E-state index in [2.05, 4.69) is 45.0 Å². The van der Waals surface area contributed by atoms with Crippen molar-refractivity contribution in [1.82, 2.24) is 0 Å². The molecule has 0 radical (unpaired) electrons. The molecule has 3 atom stereocenters. The highest BCUT2D eigenvalue weighted by Gasteiger charge is 2.25. The quantitative estimate of drug-likeness (QED) is 0.870. The molecule has 0 spiro atoms. The highest BCUT2D eigenvalue weighted by Crippen LogP contribution is 2.23. The summed E-state index contributed by atoms with van der Waals surface area (Å²) in [6.07, 6.45) is 5.07. The molecular weight excluding hydrogens is 262 g/mol. The molecule has 2 rings (SSSR count). The van der Waals surface area contributed by atoms with Crippen LogP contribution in [-0.2, 0) is 15.9 Å². The van der Waals surface area contributed by atoms with Gasteiger partial charge in [0.2, 0.25) is 0 Å². The number of aryl methyl sites for hydroxylation is 1. The van der Waals surface area contributed by atoms with Gasteiger partial charge in [-0.15, -0.1) is 0 Å². The molecule has 1 aliphatic rings. The molecule has 1 heterocycles. The summed E-state index contributed by atoms with van der Waals surface area (Å²) in [5.41, 5.74) is 8.78. The summed E-state index contributed by atoms with van der Waals surface area (Å²) in [6.45, 7) is 7.00. The molecule has 1 fully saturated rings. The van der Waals surface area contributed by atoms with Crippen LogP contribution < -0.4 is 5.73 Å². The predicted octanol–water partition coefficient (Wildman–Crippen LogP) is 3.61. The molecule has 118 valence electrons. The van der Waals surface area contributed by atoms with Crippen molar-refractivity contribution in [3.8, 4) is 0 Å². The Kier molecular flexibility index (Phi) is 6.22. The van der Waals surface area contributed by atoms with E-state index in [9.17, 15) is 0 Å². The highest BCUT2D eigenvalue weighted by atomic mass is 16.5. The summed E-state index contributed by atoms with van der Waals surface area (Å²) in [5.74, 6) is 0. The van der Waals surface area contributed by atoms with Gasteiger partial charge in [-0.05, 0) is 44.2 Å². The van der Waals surface area contributed by atoms with Crippen molar-refractivity contribution >= 4 is 0 Å². The second kappa shape index (κ2) is 7.92. The van der Waals surface area contributed by atoms with Crippen molar-refractivity contribution in [2.24, 2.45) is 5.73 Å². The average Bonchev–Trinajstić information content (AvgIpc) is 2.45. The predicted molar refractivity (Wildman–Crippen MR) is 86.3 cm³/mol. The van der Waals surface area contributed by atoms with Crippen LogP contribution in [0.3, 0.4) is 0 Å². The topological polar surface area (TPSA) is 44.5 Å². The summed E-state index contributed by atoms with van der Waals surface area (Å²) in [7, 11) is 0. The summed E-state index contributed by atoms with van der Waals surface area (Å²) >= 11 is 0. The van der Waals surface area contributed by atoms with Gasteiger partial charge in [0.1, 0.15) is 0 Å². The molecule has 3 heteroatoms. The molecule has 3 unspecified atom stereocenters. The molecule has 0 amide bonds. The van der Waals surface area contributed by atoms with Gasteiger partial charge >= 0.3 is 0 Å². The fourth-order valence-electron chi connectivity index (χ4n) is 3.04. The maximum atomic E-state index is 6.25. The standard InChI is InChI=1S/C18H29NO2/c1-4-5-15-6-8-16(9-7-15)18(19)12-20-17-10-13(2)21-14(3)11-17/h6-9,13-14,17-18H,4-5,10-12,19H2,1-3H3. The molecular formula is C18H29NO2. The Hall–Kier alpha value is -0.900. The first kappa shape index (κ1) is 16.5. The van der Waals surface area contributed by atoms with E-state index >= 15 is 0 Å². The Labute approximate surface area is 128 Å². The van der Waals surface area contributed by atoms with Crippen LogP contribution in [0, 0.1) is 0 Å². The molecule has 0 saturated carbocycles. The smallest absolute Gasteiger partial charge is 0.0663 e. The SMILES string of the molecule is CCCc1ccc(C(N)COC2CC(C)OC(C)C2)cc1. The van der Waals surface area contributed by atoms with Crippen LogP contribution in [0.15, 0.2) is 24.3 Å². The third kappa shape index (κ3) is 5.10. The van der Waals surface area contributed by atoms with Crippen molar-refractivity contribution in [1.29, 1.82) is 0 Å². The fourth-order valence-corrected chi connectivity index (χ4v) is 3.04. The minimum Gasteiger partial charge on any atom is -0.376 e. The summed E-state index contributed by atoms with van der Waals surface area (Å²) in [6, 6.07) is 8.58. The number of hydrogen-bond acceptors (Lipinski definition) is 3. The first-order valence-electron chi connectivity index (χ1n) is 8.20. The van der Waals surface area contributed by atoms with E-state index in [1.54, 1.807) is 0 Å². The maximum Gasteiger partial charge on any atom is 0.0663 e. The van der Waals surface area contributed by atoms with Gasteiger partial charge in [-0.2, -0.15) is 0 Å². The lowest BCUT2D eigenvalue weighted by atomic mass is 10.0. The van der Waals surface area contributed by atoms with E-state index in [1.807, 2.05) is 0 Å². The second-order valence-electron chi connectivity index (χ2n) is 6.28. The molecule has 0 aliphatic carbocycles. The fraction of sp³-hybridized carbons (Fsp3) is 0.667. The minimum absolute atomic E-state index is 0.0471. The largest absolute Gasteiger partial charge is 0.376 e. The number of nitrogens with two attached hydrogens (primary N) is 1. The van der Waals surface area contributed by atoms with Crippen LogP contribution in [0.4, 0.5) is 0 Å². The van der Waals surface area contributed by atoms with E-state index in [4.69, 9.17) is 15.2 Å². The van der Waals surface area contributed by atoms with Crippen LogP contribution in [0.5, 0.6) is 0 Å². The lowest BCUT2D eigenvalue weighted by Crippen LogP contribution is -2.35. The molecule has 3 nitrogen and oxygen atoms in total. The van der Waals surface area contributed by atoms with Gasteiger partial charge in [0.25, 0.3) is 0 Å². The van der Waals surface area contributed by atoms with Crippen molar-refractivity contribution in [3.05, 3.63) is 35.4 Å². The Morgan fingerprint density at radius 3 is 2.38 bits per heavy atom. The van der Waals surface area contributed by atoms with E-state index < -0.39 is 0 Å². The van der Waals surface area contributed by atoms with Crippen LogP contribution in [0.1, 0.15) is 57.2 Å². The van der Waals surface area contributed by atoms with Gasteiger partial charge in [0.05, 0.1) is 31.0 Å². The Morgan fingerprint density at radius 1 is 1.19 bits per heavy atom. The van der Waals surface area contributed by atoms with Crippen LogP contribution in [-0.4, -0.2) is 24.9 Å². The molecule has 2 N–H and O–H groups in total. The van der Waals surface area contributed by atoms with Crippen LogP contribution in [0.25, 0.3) is 0 Å². The van der Waals surface area contributed by atoms with E-state index in [0.29, 0.717) is 6.61 Å². The monoisotopic (exact) mass is 291 g/mol. The van der Waals surface area contributed by atoms with Crippen molar-refractivity contribution in [2.75, 3.05) is 6.61 Å². The number of ether oxygens (including phenoxy) is 2. The molecule has 1 aliphatic heterocycles. The molecule has 0 bridgehead atoms. The van der Waals surface area contributed by atoms with Gasteiger partial charge in [-0.1, -0.05) is 37.6 Å². The third-order valence-corrected chi connectivity index (χ3v) is 4.11. The maximum absolute atomic E-state index is 6.25. The third-order valence-electron chi connectivity index (χ3n) is 4.11. The van der Waals surface area contributed by atoms with E-state index in [0.717, 1.165) is 24.8 Å². The minimum atomic E-state index is -0.0471. The zero-order valence-electron chi connectivity index (χ0n) is 13.5. The molecule has 1 aromatic carbocycles. The van der Waals surface area contributed by atoms with Crippen molar-refractivity contribution < 1.29 is 9.47 Å². The average molecular weight is 291 g/mol. The zero-order valence-corrected chi connectivity index (χ0v) is 13.5. The lowest BCUT2D eigenvalue weighted by Gasteiger charge is -2.32. The Morgan fingerprint density at radius 2 is 1.81 bits per heavy atom. The summed E-state index contributed by atoms with van der Waals surface area (Å²) in [4.78, 5) is 0. The van der Waals surface area contributed by atoms with Gasteiger partial charge in [0.15, 0.2) is 0 Å². The Bertz CT molecular complexity index is 408. The Balaban J connectivity index is 1.82. The van der Waals surface area contributed by atoms with E-state index in [1.165, 1.54) is 12.0 Å². The van der Waals surface area contributed by atoms with Crippen molar-refractivity contribution in [2.45, 2.75) is 70.8 Å². The number of benzene rings is 1. The summed E-state index contributed by atoms with van der Waals surface area (Å²) in [5, 5.41) is 0. The van der Waals surface area contributed by atoms with Gasteiger partial charge in [-0.25, -0.2) is 0 Å². The first-order chi connectivity index (χ1) is 10.1. The number of rotatable bonds is 6. The molecule has 21 heavy (non-hydrogen) atoms. The normalized spacial score (nSPS) is 27.5. The first-order valence-corrected chi connectivity index (χ1v) is 8.20. The van der Waals surface area contributed by atoms with E-state index in [-0.39, 0.29) is 24.4 Å². The highest BCUT2D eigenvalue weighted by molar-refractivity contribution is 5.25. The lowest BCUT2D eigenvalue weighted by molar-refractivity contribution is -0.103. The summed E-state index contributed by atoms with van der Waals surface area (Å²) < 4.78 is 11.7. The molecule has 1 saturated heterocycles. The van der Waals surface area contributed by atoms with Gasteiger partial charge in [0, 0.05) is 0 Å². The number of hydrogen-bond donors (Lipinski definition) is 1. The van der Waals surface area contributed by atoms with Gasteiger partial charge < -0.3 is 15.2 Å². The molecule has 1 aromatic rings.